The molecular formula is C8H11O2P. The van der Waals surface area contributed by atoms with Crippen molar-refractivity contribution < 1.29 is 9.09 Å². The van der Waals surface area contributed by atoms with Gasteiger partial charge in [0, 0.05) is 19.2 Å². The van der Waals surface area contributed by atoms with Crippen LogP contribution in [-0.4, -0.2) is 13.3 Å². The lowest BCUT2D eigenvalue weighted by molar-refractivity contribution is 0.396. The van der Waals surface area contributed by atoms with E-state index in [4.69, 9.17) is 10.9 Å². The van der Waals surface area contributed by atoms with Gasteiger partial charge in [-0.15, -0.1) is 12.3 Å². The molecule has 1 aliphatic heterocycles. The van der Waals surface area contributed by atoms with E-state index in [1.54, 1.807) is 5.82 Å². The smallest absolute Gasteiger partial charge is 0.225 e. The Bertz CT molecular complexity index is 249. The number of terminal acetylenes is 1. The van der Waals surface area contributed by atoms with Gasteiger partial charge < -0.3 is 4.52 Å². The second-order valence-corrected chi connectivity index (χ2v) is 5.06. The van der Waals surface area contributed by atoms with Crippen molar-refractivity contribution in [2.45, 2.75) is 6.42 Å². The highest BCUT2D eigenvalue weighted by molar-refractivity contribution is 7.62. The standard InChI is InChI=1S/C8H11O2P/c1-3-8-5-4-6-11(9,7-8)10-2/h1,4,6,8H,5,7H2,2H3. The normalized spacial score (nSPS) is 36.5. The molecule has 0 N–H and O–H groups in total. The second kappa shape index (κ2) is 3.26. The summed E-state index contributed by atoms with van der Waals surface area (Å²) in [6.07, 6.45) is 8.38. The van der Waals surface area contributed by atoms with Gasteiger partial charge in [0.2, 0.25) is 7.37 Å². The average molecular weight is 170 g/mol. The molecule has 2 atom stereocenters. The highest BCUT2D eigenvalue weighted by Gasteiger charge is 2.25. The lowest BCUT2D eigenvalue weighted by atomic mass is 10.1. The molecule has 3 heteroatoms. The predicted molar refractivity (Wildman–Crippen MR) is 45.6 cm³/mol. The lowest BCUT2D eigenvalue weighted by Crippen LogP contribution is -2.07. The fourth-order valence-corrected chi connectivity index (χ4v) is 2.79. The molecule has 60 valence electrons. The summed E-state index contributed by atoms with van der Waals surface area (Å²) in [6, 6.07) is 0. The van der Waals surface area contributed by atoms with Crippen LogP contribution in [-0.2, 0) is 9.09 Å². The van der Waals surface area contributed by atoms with Crippen LogP contribution in [0.2, 0.25) is 0 Å². The molecule has 0 aromatic carbocycles. The Hall–Kier alpha value is -0.510. The van der Waals surface area contributed by atoms with Crippen LogP contribution in [0.15, 0.2) is 11.9 Å². The third-order valence-corrected chi connectivity index (χ3v) is 4.01. The minimum Gasteiger partial charge on any atom is -0.329 e. The Balaban J connectivity index is 2.76. The maximum absolute atomic E-state index is 11.6. The van der Waals surface area contributed by atoms with Crippen molar-refractivity contribution in [3.8, 4) is 12.3 Å². The van der Waals surface area contributed by atoms with Gasteiger partial charge in [0.1, 0.15) is 0 Å². The summed E-state index contributed by atoms with van der Waals surface area (Å²) in [5.74, 6) is 4.33. The van der Waals surface area contributed by atoms with Crippen molar-refractivity contribution in [3.63, 3.8) is 0 Å². The molecule has 2 nitrogen and oxygen atoms in total. The first-order chi connectivity index (χ1) is 5.20. The summed E-state index contributed by atoms with van der Waals surface area (Å²) >= 11 is 0. The van der Waals surface area contributed by atoms with Crippen molar-refractivity contribution in [2.24, 2.45) is 5.92 Å². The highest BCUT2D eigenvalue weighted by atomic mass is 31.2. The molecule has 0 aromatic heterocycles. The largest absolute Gasteiger partial charge is 0.329 e. The molecule has 0 bridgehead atoms. The summed E-state index contributed by atoms with van der Waals surface area (Å²) in [5.41, 5.74) is 0. The van der Waals surface area contributed by atoms with E-state index in [0.29, 0.717) is 6.16 Å². The molecule has 0 saturated carbocycles. The van der Waals surface area contributed by atoms with Crippen molar-refractivity contribution in [3.05, 3.63) is 11.9 Å². The molecule has 2 unspecified atom stereocenters. The topological polar surface area (TPSA) is 26.3 Å². The van der Waals surface area contributed by atoms with Crippen LogP contribution in [0.4, 0.5) is 0 Å². The van der Waals surface area contributed by atoms with E-state index < -0.39 is 7.37 Å². The molecule has 0 aromatic rings. The zero-order valence-electron chi connectivity index (χ0n) is 6.49. The van der Waals surface area contributed by atoms with Gasteiger partial charge in [-0.2, -0.15) is 0 Å². The van der Waals surface area contributed by atoms with E-state index in [1.807, 2.05) is 6.08 Å². The van der Waals surface area contributed by atoms with E-state index >= 15 is 0 Å². The minimum absolute atomic E-state index is 0.0887. The van der Waals surface area contributed by atoms with Gasteiger partial charge in [-0.1, -0.05) is 6.08 Å². The third-order valence-electron chi connectivity index (χ3n) is 1.77. The molecule has 1 aliphatic rings. The monoisotopic (exact) mass is 170 g/mol. The zero-order valence-corrected chi connectivity index (χ0v) is 7.38. The van der Waals surface area contributed by atoms with Crippen LogP contribution < -0.4 is 0 Å². The van der Waals surface area contributed by atoms with Gasteiger partial charge in [0.15, 0.2) is 0 Å². The maximum Gasteiger partial charge on any atom is 0.225 e. The van der Waals surface area contributed by atoms with Gasteiger partial charge in [0.05, 0.1) is 0 Å². The summed E-state index contributed by atoms with van der Waals surface area (Å²) in [4.78, 5) is 0. The van der Waals surface area contributed by atoms with Crippen LogP contribution >= 0.6 is 7.37 Å². The van der Waals surface area contributed by atoms with Gasteiger partial charge in [0.25, 0.3) is 0 Å². The van der Waals surface area contributed by atoms with Crippen LogP contribution in [0.5, 0.6) is 0 Å². The fraction of sp³-hybridized carbons (Fsp3) is 0.500. The zero-order chi connectivity index (χ0) is 8.32. The van der Waals surface area contributed by atoms with E-state index in [0.717, 1.165) is 6.42 Å². The van der Waals surface area contributed by atoms with Crippen molar-refractivity contribution in [1.82, 2.24) is 0 Å². The highest BCUT2D eigenvalue weighted by Crippen LogP contribution is 2.52. The Kier molecular flexibility index (Phi) is 2.54. The summed E-state index contributed by atoms with van der Waals surface area (Å²) in [6.45, 7) is 0. The number of rotatable bonds is 1. The maximum atomic E-state index is 11.6. The second-order valence-electron chi connectivity index (χ2n) is 2.58. The summed E-state index contributed by atoms with van der Waals surface area (Å²) in [5, 5.41) is 0. The molecule has 1 heterocycles. The molecular weight excluding hydrogens is 159 g/mol. The fourth-order valence-electron chi connectivity index (χ4n) is 1.08. The van der Waals surface area contributed by atoms with E-state index in [1.165, 1.54) is 7.11 Å². The molecule has 11 heavy (non-hydrogen) atoms. The van der Waals surface area contributed by atoms with E-state index in [-0.39, 0.29) is 5.92 Å². The van der Waals surface area contributed by atoms with Crippen LogP contribution in [0.3, 0.4) is 0 Å². The Labute approximate surface area is 67.1 Å². The SMILES string of the molecule is C#CC1CC=CP(=O)(OC)C1. The van der Waals surface area contributed by atoms with Crippen molar-refractivity contribution >= 4 is 7.37 Å². The first-order valence-corrected chi connectivity index (χ1v) is 5.36. The number of hydrogen-bond acceptors (Lipinski definition) is 2. The first-order valence-electron chi connectivity index (χ1n) is 3.48. The molecule has 0 aliphatic carbocycles. The number of hydrogen-bond donors (Lipinski definition) is 0. The average Bonchev–Trinajstić information content (AvgIpc) is 2.05. The molecule has 0 radical (unpaired) electrons. The van der Waals surface area contributed by atoms with Gasteiger partial charge in [-0.05, 0) is 12.2 Å². The molecule has 0 spiro atoms. The van der Waals surface area contributed by atoms with Gasteiger partial charge in [-0.25, -0.2) is 0 Å². The summed E-state index contributed by atoms with van der Waals surface area (Å²) < 4.78 is 16.5. The molecule has 0 saturated heterocycles. The summed E-state index contributed by atoms with van der Waals surface area (Å²) in [7, 11) is -1.03. The van der Waals surface area contributed by atoms with Gasteiger partial charge >= 0.3 is 0 Å². The minimum atomic E-state index is -2.49. The first kappa shape index (κ1) is 8.59. The van der Waals surface area contributed by atoms with Crippen LogP contribution in [0, 0.1) is 18.3 Å². The Morgan fingerprint density at radius 3 is 3.09 bits per heavy atom. The molecule has 1 rings (SSSR count). The Morgan fingerprint density at radius 1 is 1.82 bits per heavy atom. The number of allylic oxidation sites excluding steroid dienone is 1. The van der Waals surface area contributed by atoms with Crippen molar-refractivity contribution in [2.75, 3.05) is 13.3 Å². The molecule has 0 amide bonds. The van der Waals surface area contributed by atoms with E-state index in [9.17, 15) is 4.57 Å². The van der Waals surface area contributed by atoms with Crippen LogP contribution in [0.1, 0.15) is 6.42 Å². The Morgan fingerprint density at radius 2 is 2.55 bits per heavy atom. The lowest BCUT2D eigenvalue weighted by Gasteiger charge is -2.19. The molecule has 0 fully saturated rings. The van der Waals surface area contributed by atoms with Crippen molar-refractivity contribution in [1.29, 1.82) is 0 Å². The van der Waals surface area contributed by atoms with Crippen LogP contribution in [0.25, 0.3) is 0 Å². The quantitative estimate of drug-likeness (QED) is 0.445. The third kappa shape index (κ3) is 1.96. The van der Waals surface area contributed by atoms with Gasteiger partial charge in [-0.3, -0.25) is 4.57 Å². The van der Waals surface area contributed by atoms with E-state index in [2.05, 4.69) is 5.92 Å². The predicted octanol–water partition coefficient (Wildman–Crippen LogP) is 2.08.